The van der Waals surface area contributed by atoms with Crippen molar-refractivity contribution in [3.8, 4) is 0 Å². The van der Waals surface area contributed by atoms with E-state index >= 15 is 0 Å². The van der Waals surface area contributed by atoms with Gasteiger partial charge in [-0.25, -0.2) is 0 Å². The Hall–Kier alpha value is 1.06. The monoisotopic (exact) mass is 161 g/mol. The van der Waals surface area contributed by atoms with Gasteiger partial charge >= 0.3 is 0 Å². The summed E-state index contributed by atoms with van der Waals surface area (Å²) >= 11 is 0. The number of rotatable bonds is 1. The van der Waals surface area contributed by atoms with E-state index in [4.69, 9.17) is 0 Å². The van der Waals surface area contributed by atoms with Crippen molar-refractivity contribution >= 4 is 0 Å². The van der Waals surface area contributed by atoms with Gasteiger partial charge in [0.25, 0.3) is 0 Å². The summed E-state index contributed by atoms with van der Waals surface area (Å²) in [6.45, 7) is 4.00. The average Bonchev–Trinajstić information content (AvgIpc) is 1.38. The summed E-state index contributed by atoms with van der Waals surface area (Å²) in [5, 5.41) is 0. The molecular formula is C4H10NY-. The third-order valence-corrected chi connectivity index (χ3v) is 0.516. The van der Waals surface area contributed by atoms with Gasteiger partial charge in [0.2, 0.25) is 0 Å². The third kappa shape index (κ3) is 8.91. The Balaban J connectivity index is 0. The first-order chi connectivity index (χ1) is 2.27. The van der Waals surface area contributed by atoms with Crippen molar-refractivity contribution in [2.24, 2.45) is 0 Å². The molecule has 0 aliphatic rings. The van der Waals surface area contributed by atoms with Crippen LogP contribution in [-0.2, 0) is 32.7 Å². The van der Waals surface area contributed by atoms with Crippen molar-refractivity contribution in [3.63, 3.8) is 0 Å². The van der Waals surface area contributed by atoms with Crippen molar-refractivity contribution in [1.29, 1.82) is 0 Å². The predicted molar refractivity (Wildman–Crippen MR) is 23.7 cm³/mol. The maximum absolute atomic E-state index is 2.00. The van der Waals surface area contributed by atoms with Gasteiger partial charge < -0.3 is 4.90 Å². The second-order valence-electron chi connectivity index (χ2n) is 1.22. The van der Waals surface area contributed by atoms with Crippen LogP contribution in [0, 0.1) is 6.54 Å². The molecule has 6 heavy (non-hydrogen) atoms. The molecule has 0 aliphatic carbocycles. The molecule has 1 nitrogen and oxygen atoms in total. The van der Waals surface area contributed by atoms with Crippen molar-refractivity contribution in [3.05, 3.63) is 6.54 Å². The number of hydrogen-bond donors (Lipinski definition) is 0. The van der Waals surface area contributed by atoms with Crippen molar-refractivity contribution in [2.75, 3.05) is 14.1 Å². The van der Waals surface area contributed by atoms with Crippen molar-refractivity contribution in [1.82, 2.24) is 4.90 Å². The summed E-state index contributed by atoms with van der Waals surface area (Å²) in [5.41, 5.74) is 0. The van der Waals surface area contributed by atoms with Crippen LogP contribution in [-0.4, -0.2) is 19.0 Å². The van der Waals surface area contributed by atoms with E-state index in [0.29, 0.717) is 0 Å². The Morgan fingerprint density at radius 2 is 1.50 bits per heavy atom. The van der Waals surface area contributed by atoms with Gasteiger partial charge in [-0.05, 0) is 14.1 Å². The Labute approximate surface area is 65.0 Å². The van der Waals surface area contributed by atoms with Gasteiger partial charge in [-0.2, -0.15) is 6.92 Å². The fourth-order valence-corrected chi connectivity index (χ4v) is 0. The molecule has 0 unspecified atom stereocenters. The van der Waals surface area contributed by atoms with Crippen LogP contribution in [0.1, 0.15) is 6.92 Å². The van der Waals surface area contributed by atoms with Gasteiger partial charge in [0, 0.05) is 32.7 Å². The molecule has 0 aromatic heterocycles. The minimum atomic E-state index is 0. The molecule has 0 saturated carbocycles. The number of hydrogen-bond acceptors (Lipinski definition) is 1. The third-order valence-electron chi connectivity index (χ3n) is 0.516. The van der Waals surface area contributed by atoms with E-state index in [1.165, 1.54) is 0 Å². The van der Waals surface area contributed by atoms with Gasteiger partial charge in [0.05, 0.1) is 0 Å². The van der Waals surface area contributed by atoms with Crippen LogP contribution in [0.3, 0.4) is 0 Å². The van der Waals surface area contributed by atoms with E-state index in [1.807, 2.05) is 32.5 Å². The smallest absolute Gasteiger partial charge is 0 e. The van der Waals surface area contributed by atoms with Crippen molar-refractivity contribution in [2.45, 2.75) is 6.92 Å². The molecule has 0 heterocycles. The maximum Gasteiger partial charge on any atom is 0 e. The maximum atomic E-state index is 2.00. The van der Waals surface area contributed by atoms with Crippen LogP contribution in [0.25, 0.3) is 0 Å². The quantitative estimate of drug-likeness (QED) is 0.512. The van der Waals surface area contributed by atoms with Crippen LogP contribution in [0.2, 0.25) is 0 Å². The molecule has 0 fully saturated rings. The van der Waals surface area contributed by atoms with E-state index in [2.05, 4.69) is 0 Å². The van der Waals surface area contributed by atoms with Gasteiger partial charge in [-0.3, -0.25) is 6.54 Å². The largest absolute Gasteiger partial charge is 0.462 e. The molecule has 1 radical (unpaired) electrons. The molecule has 0 aromatic rings. The molecule has 0 atom stereocenters. The molecule has 0 spiro atoms. The van der Waals surface area contributed by atoms with Crippen LogP contribution >= 0.6 is 0 Å². The molecule has 0 aliphatic heterocycles. The number of nitrogens with zero attached hydrogens (tertiary/aromatic N) is 1. The molecule has 35 valence electrons. The minimum absolute atomic E-state index is 0. The summed E-state index contributed by atoms with van der Waals surface area (Å²) in [6, 6.07) is 0. The second-order valence-corrected chi connectivity index (χ2v) is 1.22. The van der Waals surface area contributed by atoms with Gasteiger partial charge in [0.15, 0.2) is 0 Å². The van der Waals surface area contributed by atoms with Crippen molar-refractivity contribution < 1.29 is 32.7 Å². The normalized spacial score (nSPS) is 8.00. The summed E-state index contributed by atoms with van der Waals surface area (Å²) in [4.78, 5) is 2.00. The Morgan fingerprint density at radius 3 is 1.50 bits per heavy atom. The van der Waals surface area contributed by atoms with Crippen LogP contribution < -0.4 is 0 Å². The summed E-state index contributed by atoms with van der Waals surface area (Å²) in [5.74, 6) is 0. The molecule has 0 amide bonds. The topological polar surface area (TPSA) is 3.24 Å². The van der Waals surface area contributed by atoms with Gasteiger partial charge in [0.1, 0.15) is 0 Å². The second kappa shape index (κ2) is 6.06. The SMILES string of the molecule is C[CH-]N(C)C.[Y]. The fourth-order valence-electron chi connectivity index (χ4n) is 0. The molecular weight excluding hydrogens is 151 g/mol. The molecule has 0 saturated heterocycles. The minimum Gasteiger partial charge on any atom is -0.462 e. The first-order valence-corrected chi connectivity index (χ1v) is 1.73. The Bertz CT molecular complexity index is 21.5. The van der Waals surface area contributed by atoms with Crippen LogP contribution in [0.15, 0.2) is 0 Å². The summed E-state index contributed by atoms with van der Waals surface area (Å²) in [6.07, 6.45) is 0. The van der Waals surface area contributed by atoms with E-state index in [-0.39, 0.29) is 32.7 Å². The van der Waals surface area contributed by atoms with E-state index in [0.717, 1.165) is 0 Å². The molecule has 0 rings (SSSR count). The van der Waals surface area contributed by atoms with Crippen LogP contribution in [0.5, 0.6) is 0 Å². The first-order valence-electron chi connectivity index (χ1n) is 1.73. The standard InChI is InChI=1S/C4H10N.Y/c1-4-5(2)3;/h4H,1-3H3;/q-1;. The van der Waals surface area contributed by atoms with E-state index in [9.17, 15) is 0 Å². The molecule has 0 aromatic carbocycles. The fraction of sp³-hybridized carbons (Fsp3) is 0.750. The zero-order chi connectivity index (χ0) is 4.28. The van der Waals surface area contributed by atoms with Gasteiger partial charge in [-0.15, -0.1) is 0 Å². The average molecular weight is 161 g/mol. The van der Waals surface area contributed by atoms with E-state index in [1.54, 1.807) is 0 Å². The zero-order valence-electron chi connectivity index (χ0n) is 4.60. The summed E-state index contributed by atoms with van der Waals surface area (Å²) in [7, 11) is 4.00. The molecule has 0 bridgehead atoms. The van der Waals surface area contributed by atoms with Crippen LogP contribution in [0.4, 0.5) is 0 Å². The van der Waals surface area contributed by atoms with Gasteiger partial charge in [-0.1, -0.05) is 0 Å². The first kappa shape index (κ1) is 10.1. The zero-order valence-corrected chi connectivity index (χ0v) is 7.44. The Morgan fingerprint density at radius 1 is 1.33 bits per heavy atom. The predicted octanol–water partition coefficient (Wildman–Crippen LogP) is 0.727. The molecule has 0 N–H and O–H groups in total. The summed E-state index contributed by atoms with van der Waals surface area (Å²) < 4.78 is 0. The van der Waals surface area contributed by atoms with E-state index < -0.39 is 0 Å². The molecule has 2 heteroatoms. The Kier molecular flexibility index (Phi) is 10.2.